The van der Waals surface area contributed by atoms with E-state index in [4.69, 9.17) is 11.6 Å². The van der Waals surface area contributed by atoms with Crippen LogP contribution < -0.4 is 44.3 Å². The van der Waals surface area contributed by atoms with E-state index in [0.717, 1.165) is 11.3 Å². The van der Waals surface area contributed by atoms with Crippen molar-refractivity contribution in [3.05, 3.63) is 94.3 Å². The van der Waals surface area contributed by atoms with Gasteiger partial charge in [0.05, 0.1) is 18.2 Å². The zero-order valence-corrected chi connectivity index (χ0v) is 21.8. The number of thiazole rings is 1. The van der Waals surface area contributed by atoms with Crippen LogP contribution in [0.2, 0.25) is 5.02 Å². The van der Waals surface area contributed by atoms with Gasteiger partial charge in [-0.25, -0.2) is 4.98 Å². The minimum absolute atomic E-state index is 0. The number of benzene rings is 3. The molecule has 0 fully saturated rings. The molecule has 0 unspecified atom stereocenters. The number of carbonyl (C=O) groups excluding carboxylic acids is 1. The van der Waals surface area contributed by atoms with Crippen molar-refractivity contribution in [3.8, 4) is 17.0 Å². The predicted molar refractivity (Wildman–Crippen MR) is 122 cm³/mol. The largest absolute Gasteiger partial charge is 1.00 e. The quantitative estimate of drug-likeness (QED) is 0.346. The number of rotatable bonds is 7. The van der Waals surface area contributed by atoms with Gasteiger partial charge >= 0.3 is 35.9 Å². The van der Waals surface area contributed by atoms with E-state index in [2.05, 4.69) is 9.72 Å². The molecule has 4 aromatic rings. The van der Waals surface area contributed by atoms with E-state index in [1.807, 2.05) is 17.0 Å². The van der Waals surface area contributed by atoms with Crippen molar-refractivity contribution in [1.29, 1.82) is 0 Å². The first-order chi connectivity index (χ1) is 16.2. The second-order valence-electron chi connectivity index (χ2n) is 7.13. The van der Waals surface area contributed by atoms with E-state index in [9.17, 15) is 23.1 Å². The Kier molecular flexibility index (Phi) is 8.84. The summed E-state index contributed by atoms with van der Waals surface area (Å²) in [6.07, 6.45) is -4.76. The third-order valence-corrected chi connectivity index (χ3v) is 5.89. The number of hydrogen-bond acceptors (Lipinski definition) is 6. The molecule has 0 N–H and O–H groups in total. The monoisotopic (exact) mass is 526 g/mol. The number of hydrogen-bond donors (Lipinski definition) is 0. The van der Waals surface area contributed by atoms with E-state index >= 15 is 0 Å². The molecule has 3 aromatic carbocycles. The Morgan fingerprint density at radius 1 is 1.00 bits per heavy atom. The number of anilines is 2. The van der Waals surface area contributed by atoms with Gasteiger partial charge in [-0.2, -0.15) is 0 Å². The summed E-state index contributed by atoms with van der Waals surface area (Å²) in [5.41, 5.74) is 2.95. The molecule has 0 spiro atoms. The molecule has 0 bridgehead atoms. The van der Waals surface area contributed by atoms with Gasteiger partial charge in [0, 0.05) is 21.7 Å². The zero-order chi connectivity index (χ0) is 24.3. The van der Waals surface area contributed by atoms with Gasteiger partial charge in [0.15, 0.2) is 5.13 Å². The molecule has 0 radical (unpaired) electrons. The number of alkyl halides is 3. The number of aromatic carboxylic acids is 1. The van der Waals surface area contributed by atoms with Crippen molar-refractivity contribution in [2.24, 2.45) is 0 Å². The molecule has 4 rings (SSSR count). The Morgan fingerprint density at radius 3 is 2.20 bits per heavy atom. The van der Waals surface area contributed by atoms with Crippen LogP contribution >= 0.6 is 22.9 Å². The number of aromatic nitrogens is 1. The zero-order valence-electron chi connectivity index (χ0n) is 18.3. The minimum Gasteiger partial charge on any atom is -0.545 e. The fourth-order valence-electron chi connectivity index (χ4n) is 3.17. The van der Waals surface area contributed by atoms with Crippen LogP contribution in [0.15, 0.2) is 78.2 Å². The Labute approximate surface area is 230 Å². The fraction of sp³-hybridized carbons (Fsp3) is 0.0833. The molecular weight excluding hydrogens is 512 g/mol. The molecule has 0 aliphatic rings. The maximum absolute atomic E-state index is 12.4. The summed E-state index contributed by atoms with van der Waals surface area (Å²) in [5, 5.41) is 14.0. The average molecular weight is 527 g/mol. The normalized spacial score (nSPS) is 11.0. The summed E-state index contributed by atoms with van der Waals surface area (Å²) < 4.78 is 41.1. The summed E-state index contributed by atoms with van der Waals surface area (Å²) in [4.78, 5) is 17.6. The number of carbonyl (C=O) groups is 1. The maximum atomic E-state index is 12.4. The molecule has 0 atom stereocenters. The topological polar surface area (TPSA) is 65.5 Å². The Hall–Kier alpha value is -2.56. The van der Waals surface area contributed by atoms with E-state index in [0.29, 0.717) is 28.0 Å². The van der Waals surface area contributed by atoms with Crippen molar-refractivity contribution < 1.29 is 57.4 Å². The second-order valence-corrected chi connectivity index (χ2v) is 8.41. The van der Waals surface area contributed by atoms with Gasteiger partial charge in [-0.3, -0.25) is 0 Å². The van der Waals surface area contributed by atoms with Crippen molar-refractivity contribution in [1.82, 2.24) is 4.98 Å². The predicted octanol–water partition coefficient (Wildman–Crippen LogP) is 3.07. The van der Waals surface area contributed by atoms with E-state index < -0.39 is 12.3 Å². The minimum atomic E-state index is -4.76. The molecule has 0 saturated carbocycles. The third-order valence-electron chi connectivity index (χ3n) is 4.78. The molecule has 0 aliphatic heterocycles. The van der Waals surface area contributed by atoms with Crippen LogP contribution in [0.4, 0.5) is 24.0 Å². The first kappa shape index (κ1) is 27.0. The first-order valence-corrected chi connectivity index (χ1v) is 11.1. The number of ether oxygens (including phenoxy) is 1. The van der Waals surface area contributed by atoms with Crippen LogP contribution in [0.1, 0.15) is 15.9 Å². The number of halogens is 4. The maximum Gasteiger partial charge on any atom is 1.00 e. The smallest absolute Gasteiger partial charge is 0.545 e. The van der Waals surface area contributed by atoms with Gasteiger partial charge in [0.1, 0.15) is 5.75 Å². The molecule has 35 heavy (non-hydrogen) atoms. The third kappa shape index (κ3) is 7.22. The Morgan fingerprint density at radius 2 is 1.63 bits per heavy atom. The molecule has 0 aliphatic carbocycles. The molecule has 0 amide bonds. The number of carboxylic acid groups (broad SMARTS) is 1. The van der Waals surface area contributed by atoms with Gasteiger partial charge in [-0.15, -0.1) is 24.5 Å². The molecule has 1 aromatic heterocycles. The van der Waals surface area contributed by atoms with Crippen molar-refractivity contribution in [3.63, 3.8) is 0 Å². The fourth-order valence-corrected chi connectivity index (χ4v) is 4.15. The van der Waals surface area contributed by atoms with Crippen LogP contribution in [-0.2, 0) is 6.54 Å². The molecule has 0 saturated heterocycles. The molecule has 174 valence electrons. The molecule has 5 nitrogen and oxygen atoms in total. The first-order valence-electron chi connectivity index (χ1n) is 9.83. The van der Waals surface area contributed by atoms with Gasteiger partial charge < -0.3 is 19.5 Å². The van der Waals surface area contributed by atoms with Gasteiger partial charge in [0.2, 0.25) is 0 Å². The molecule has 1 heterocycles. The van der Waals surface area contributed by atoms with Crippen LogP contribution in [0, 0.1) is 0 Å². The van der Waals surface area contributed by atoms with Crippen LogP contribution in [0.3, 0.4) is 0 Å². The van der Waals surface area contributed by atoms with E-state index in [1.165, 1.54) is 47.7 Å². The summed E-state index contributed by atoms with van der Waals surface area (Å²) in [6.45, 7) is 0.389. The number of carboxylic acids is 1. The van der Waals surface area contributed by atoms with E-state index in [-0.39, 0.29) is 40.9 Å². The summed E-state index contributed by atoms with van der Waals surface area (Å²) in [5.74, 6) is -1.56. The van der Waals surface area contributed by atoms with Crippen LogP contribution in [0.25, 0.3) is 11.3 Å². The van der Waals surface area contributed by atoms with Crippen LogP contribution in [-0.4, -0.2) is 17.3 Å². The summed E-state index contributed by atoms with van der Waals surface area (Å²) in [7, 11) is 0. The summed E-state index contributed by atoms with van der Waals surface area (Å²) in [6, 6.07) is 19.0. The molecular formula is C24H15ClF3N2NaO3S. The standard InChI is InChI=1S/C24H16ClF3N2O3S.Na/c25-18-7-9-19(10-8-18)30(13-15-1-3-17(4-2-15)22(31)32)23-29-21(14-34-23)16-5-11-20(12-6-16)33-24(26,27)28;/h1-12,14H,13H2,(H,31,32);/q;+1/p-1. The average Bonchev–Trinajstić information content (AvgIpc) is 3.28. The van der Waals surface area contributed by atoms with Crippen LogP contribution in [0.5, 0.6) is 5.75 Å². The number of nitrogens with zero attached hydrogens (tertiary/aromatic N) is 2. The summed E-state index contributed by atoms with van der Waals surface area (Å²) >= 11 is 7.39. The Balaban J connectivity index is 0.00000342. The van der Waals surface area contributed by atoms with Gasteiger partial charge in [-0.1, -0.05) is 35.9 Å². The van der Waals surface area contributed by atoms with Gasteiger partial charge in [0.25, 0.3) is 0 Å². The van der Waals surface area contributed by atoms with Crippen molar-refractivity contribution >= 4 is 39.7 Å². The van der Waals surface area contributed by atoms with E-state index in [1.54, 1.807) is 29.6 Å². The van der Waals surface area contributed by atoms with Gasteiger partial charge in [-0.05, 0) is 59.7 Å². The second kappa shape index (κ2) is 11.5. The SMILES string of the molecule is O=C([O-])c1ccc(CN(c2ccc(Cl)cc2)c2nc(-c3ccc(OC(F)(F)F)cc3)cs2)cc1.[Na+]. The van der Waals surface area contributed by atoms with Crippen molar-refractivity contribution in [2.75, 3.05) is 4.90 Å². The Bertz CT molecular complexity index is 1280. The van der Waals surface area contributed by atoms with Crippen molar-refractivity contribution in [2.45, 2.75) is 12.9 Å². The molecule has 11 heteroatoms.